The summed E-state index contributed by atoms with van der Waals surface area (Å²) in [6.45, 7) is 8.36. The second-order valence-electron chi connectivity index (χ2n) is 9.14. The van der Waals surface area contributed by atoms with Crippen LogP contribution in [-0.2, 0) is 35.7 Å². The van der Waals surface area contributed by atoms with E-state index in [9.17, 15) is 22.5 Å². The van der Waals surface area contributed by atoms with Crippen LogP contribution in [-0.4, -0.2) is 45.6 Å². The maximum atomic E-state index is 13.5. The minimum Gasteiger partial charge on any atom is -0.459 e. The number of nitrogens with zero attached hydrogens (tertiary/aromatic N) is 3. The summed E-state index contributed by atoms with van der Waals surface area (Å²) in [6, 6.07) is 8.28. The molecule has 1 unspecified atom stereocenters. The molecule has 3 aromatic rings. The summed E-state index contributed by atoms with van der Waals surface area (Å²) in [6.07, 6.45) is -3.85. The number of carbonyl (C=O) groups is 1. The largest absolute Gasteiger partial charge is 0.459 e. The zero-order chi connectivity index (χ0) is 28.8. The van der Waals surface area contributed by atoms with Gasteiger partial charge in [0.1, 0.15) is 22.8 Å². The van der Waals surface area contributed by atoms with Gasteiger partial charge in [-0.3, -0.25) is 14.3 Å². The maximum absolute atomic E-state index is 13.5. The maximum Gasteiger partial charge on any atom is 0.433 e. The molecule has 2 heterocycles. The fraction of sp³-hybridized carbons (Fsp3) is 0.440. The average Bonchev–Trinajstić information content (AvgIpc) is 3.30. The SMILES string of the molecule is CCOP(=O)(OCC)C(Cc1nc(-c2ccc(Oc3ccnc(C(F)(F)F)c3)cc2)no1)C(=O)OC(C)(C)C. The van der Waals surface area contributed by atoms with Crippen LogP contribution in [0.25, 0.3) is 11.4 Å². The molecule has 0 aliphatic heterocycles. The van der Waals surface area contributed by atoms with E-state index in [0.717, 1.165) is 12.3 Å². The van der Waals surface area contributed by atoms with Crippen LogP contribution in [0.1, 0.15) is 46.2 Å². The molecule has 10 nitrogen and oxygen atoms in total. The molecule has 0 saturated carbocycles. The molecule has 1 atom stereocenters. The Morgan fingerprint density at radius 3 is 2.23 bits per heavy atom. The number of aromatic nitrogens is 3. The number of halogens is 3. The van der Waals surface area contributed by atoms with Gasteiger partial charge in [-0.2, -0.15) is 18.2 Å². The van der Waals surface area contributed by atoms with Crippen molar-refractivity contribution in [3.63, 3.8) is 0 Å². The Morgan fingerprint density at radius 2 is 1.67 bits per heavy atom. The van der Waals surface area contributed by atoms with Gasteiger partial charge in [-0.15, -0.1) is 0 Å². The van der Waals surface area contributed by atoms with E-state index in [1.165, 1.54) is 18.2 Å². The van der Waals surface area contributed by atoms with Gasteiger partial charge < -0.3 is 23.0 Å². The monoisotopic (exact) mass is 571 g/mol. The van der Waals surface area contributed by atoms with Gasteiger partial charge in [-0.05, 0) is 65.0 Å². The molecule has 0 aliphatic rings. The summed E-state index contributed by atoms with van der Waals surface area (Å²) in [4.78, 5) is 20.6. The van der Waals surface area contributed by atoms with Crippen molar-refractivity contribution in [1.29, 1.82) is 0 Å². The zero-order valence-electron chi connectivity index (χ0n) is 22.0. The highest BCUT2D eigenvalue weighted by Gasteiger charge is 2.45. The molecule has 0 N–H and O–H groups in total. The lowest BCUT2D eigenvalue weighted by Crippen LogP contribution is -2.34. The Morgan fingerprint density at radius 1 is 1.03 bits per heavy atom. The molecule has 0 spiro atoms. The molecule has 3 rings (SSSR count). The molecule has 0 amide bonds. The Balaban J connectivity index is 1.79. The van der Waals surface area contributed by atoms with Crippen molar-refractivity contribution in [2.75, 3.05) is 13.2 Å². The predicted octanol–water partition coefficient (Wildman–Crippen LogP) is 6.46. The van der Waals surface area contributed by atoms with Gasteiger partial charge >= 0.3 is 19.7 Å². The van der Waals surface area contributed by atoms with Crippen LogP contribution >= 0.6 is 7.60 Å². The van der Waals surface area contributed by atoms with Crippen LogP contribution in [0.5, 0.6) is 11.5 Å². The van der Waals surface area contributed by atoms with Gasteiger partial charge in [-0.25, -0.2) is 0 Å². The number of pyridine rings is 1. The molecule has 2 aromatic heterocycles. The predicted molar refractivity (Wildman–Crippen MR) is 133 cm³/mol. The van der Waals surface area contributed by atoms with Crippen molar-refractivity contribution >= 4 is 13.6 Å². The molecule has 0 radical (unpaired) electrons. The second kappa shape index (κ2) is 12.3. The molecule has 39 heavy (non-hydrogen) atoms. The van der Waals surface area contributed by atoms with E-state index in [2.05, 4.69) is 15.1 Å². The number of benzene rings is 1. The smallest absolute Gasteiger partial charge is 0.433 e. The van der Waals surface area contributed by atoms with Gasteiger partial charge in [0.25, 0.3) is 0 Å². The molecular weight excluding hydrogens is 542 g/mol. The molecule has 212 valence electrons. The number of esters is 1. The van der Waals surface area contributed by atoms with Gasteiger partial charge in [0, 0.05) is 17.8 Å². The number of hydrogen-bond donors (Lipinski definition) is 0. The number of alkyl halides is 3. The molecule has 0 fully saturated rings. The molecule has 14 heteroatoms. The summed E-state index contributed by atoms with van der Waals surface area (Å²) >= 11 is 0. The molecule has 0 saturated heterocycles. The minimum atomic E-state index is -4.60. The van der Waals surface area contributed by atoms with Crippen LogP contribution in [0.2, 0.25) is 0 Å². The third-order valence-electron chi connectivity index (χ3n) is 4.88. The lowest BCUT2D eigenvalue weighted by molar-refractivity contribution is -0.154. The zero-order valence-corrected chi connectivity index (χ0v) is 22.9. The van der Waals surface area contributed by atoms with E-state index in [1.54, 1.807) is 46.8 Å². The standard InChI is InChI=1S/C25H29F3N3O7P/c1-6-34-39(33,35-7-2)19(23(32)37-24(3,4)5)15-21-30-22(31-38-21)16-8-10-17(11-9-16)36-18-12-13-29-20(14-18)25(26,27)28/h8-14,19H,6-7,15H2,1-5H3. The molecule has 1 aromatic carbocycles. The Hall–Kier alpha value is -3.28. The van der Waals surface area contributed by atoms with Gasteiger partial charge in [0.2, 0.25) is 11.7 Å². The number of hydrogen-bond acceptors (Lipinski definition) is 10. The van der Waals surface area contributed by atoms with E-state index in [0.29, 0.717) is 5.56 Å². The Labute approximate surface area is 223 Å². The number of rotatable bonds is 11. The summed E-state index contributed by atoms with van der Waals surface area (Å²) in [5.74, 6) is -0.407. The van der Waals surface area contributed by atoms with E-state index in [1.807, 2.05) is 0 Å². The van der Waals surface area contributed by atoms with Crippen molar-refractivity contribution in [3.8, 4) is 22.9 Å². The van der Waals surface area contributed by atoms with Gasteiger partial charge in [0.05, 0.1) is 19.6 Å². The van der Waals surface area contributed by atoms with E-state index in [4.69, 9.17) is 23.0 Å². The summed E-state index contributed by atoms with van der Waals surface area (Å²) in [7, 11) is -3.95. The highest BCUT2D eigenvalue weighted by molar-refractivity contribution is 7.55. The average molecular weight is 571 g/mol. The van der Waals surface area contributed by atoms with E-state index in [-0.39, 0.29) is 42.8 Å². The first-order valence-corrected chi connectivity index (χ1v) is 13.6. The first-order valence-electron chi connectivity index (χ1n) is 12.0. The summed E-state index contributed by atoms with van der Waals surface area (Å²) < 4.78 is 79.2. The summed E-state index contributed by atoms with van der Waals surface area (Å²) in [5.41, 5.74) is -2.77. The quantitative estimate of drug-likeness (QED) is 0.187. The lowest BCUT2D eigenvalue weighted by Gasteiger charge is -2.27. The normalized spacial score (nSPS) is 13.2. The first-order chi connectivity index (χ1) is 18.2. The third-order valence-corrected chi connectivity index (χ3v) is 7.28. The summed E-state index contributed by atoms with van der Waals surface area (Å²) in [5, 5.41) is 3.92. The second-order valence-corrected chi connectivity index (χ2v) is 11.4. The third kappa shape index (κ3) is 8.35. The highest BCUT2D eigenvalue weighted by Crippen LogP contribution is 2.54. The number of carbonyl (C=O) groups excluding carboxylic acids is 1. The van der Waals surface area contributed by atoms with Crippen LogP contribution in [0.3, 0.4) is 0 Å². The van der Waals surface area contributed by atoms with E-state index < -0.39 is 36.7 Å². The van der Waals surface area contributed by atoms with Crippen molar-refractivity contribution in [2.24, 2.45) is 0 Å². The molecular formula is C25H29F3N3O7P. The van der Waals surface area contributed by atoms with Crippen LogP contribution in [0, 0.1) is 0 Å². The van der Waals surface area contributed by atoms with Crippen LogP contribution in [0.4, 0.5) is 13.2 Å². The van der Waals surface area contributed by atoms with Gasteiger partial charge in [-0.1, -0.05) is 5.16 Å². The van der Waals surface area contributed by atoms with Crippen LogP contribution < -0.4 is 4.74 Å². The Bertz CT molecular complexity index is 1300. The minimum absolute atomic E-state index is 0.00252. The topological polar surface area (TPSA) is 123 Å². The number of ether oxygens (including phenoxy) is 2. The van der Waals surface area contributed by atoms with Crippen molar-refractivity contribution in [1.82, 2.24) is 15.1 Å². The van der Waals surface area contributed by atoms with Crippen molar-refractivity contribution < 1.29 is 45.6 Å². The van der Waals surface area contributed by atoms with Crippen LogP contribution in [0.15, 0.2) is 47.1 Å². The van der Waals surface area contributed by atoms with Gasteiger partial charge in [0.15, 0.2) is 5.66 Å². The highest BCUT2D eigenvalue weighted by atomic mass is 31.2. The lowest BCUT2D eigenvalue weighted by atomic mass is 10.2. The molecule has 0 bridgehead atoms. The Kier molecular flexibility index (Phi) is 9.52. The fourth-order valence-corrected chi connectivity index (χ4v) is 5.17. The van der Waals surface area contributed by atoms with E-state index >= 15 is 0 Å². The van der Waals surface area contributed by atoms with Crippen molar-refractivity contribution in [3.05, 3.63) is 54.2 Å². The molecule has 0 aliphatic carbocycles. The first kappa shape index (κ1) is 30.3. The fourth-order valence-electron chi connectivity index (χ4n) is 3.33. The van der Waals surface area contributed by atoms with Crippen molar-refractivity contribution in [2.45, 2.75) is 58.5 Å².